The van der Waals surface area contributed by atoms with Crippen molar-refractivity contribution in [2.45, 2.75) is 49.1 Å². The van der Waals surface area contributed by atoms with Crippen LogP contribution in [0, 0.1) is 0 Å². The second kappa shape index (κ2) is 19.3. The number of hydrogen-bond acceptors (Lipinski definition) is 7. The van der Waals surface area contributed by atoms with Gasteiger partial charge in [0.05, 0.1) is 12.5 Å². The van der Waals surface area contributed by atoms with Crippen molar-refractivity contribution < 1.29 is 33.8 Å². The highest BCUT2D eigenvalue weighted by atomic mass is 79.9. The Morgan fingerprint density at radius 2 is 1.24 bits per heavy atom. The molecule has 0 heterocycles. The number of benzene rings is 4. The number of halogens is 6. The summed E-state index contributed by atoms with van der Waals surface area (Å²) in [6, 6.07) is 25.1. The summed E-state index contributed by atoms with van der Waals surface area (Å²) in [5.74, 6) is -1.27. The van der Waals surface area contributed by atoms with Crippen LogP contribution in [0.25, 0.3) is 0 Å². The van der Waals surface area contributed by atoms with Crippen molar-refractivity contribution in [3.05, 3.63) is 128 Å². The van der Waals surface area contributed by atoms with Gasteiger partial charge in [0, 0.05) is 37.4 Å². The van der Waals surface area contributed by atoms with Crippen molar-refractivity contribution in [3.8, 4) is 5.75 Å². The van der Waals surface area contributed by atoms with E-state index in [4.69, 9.17) is 78.3 Å². The minimum atomic E-state index is -1.61. The topological polar surface area (TPSA) is 133 Å². The van der Waals surface area contributed by atoms with Gasteiger partial charge in [0.15, 0.2) is 17.2 Å². The summed E-state index contributed by atoms with van der Waals surface area (Å²) in [5, 5.41) is 9.40. The molecule has 14 heteroatoms. The number of nitrogen functional groups attached to an aromatic ring is 1. The van der Waals surface area contributed by atoms with Crippen LogP contribution in [-0.4, -0.2) is 43.6 Å². The van der Waals surface area contributed by atoms with Gasteiger partial charge in [-0.05, 0) is 112 Å². The molecule has 0 aliphatic heterocycles. The molecule has 0 aromatic heterocycles. The zero-order valence-electron chi connectivity index (χ0n) is 27.2. The molecule has 0 atom stereocenters. The first-order chi connectivity index (χ1) is 23.2. The number of alkyl halides is 4. The van der Waals surface area contributed by atoms with Gasteiger partial charge in [-0.2, -0.15) is 0 Å². The Hall–Kier alpha value is -3.31. The maximum atomic E-state index is 12.4. The number of esters is 1. The van der Waals surface area contributed by atoms with E-state index < -0.39 is 20.8 Å². The first-order valence-electron chi connectivity index (χ1n) is 14.6. The number of anilines is 1. The van der Waals surface area contributed by atoms with Crippen LogP contribution in [0.4, 0.5) is 5.69 Å². The van der Waals surface area contributed by atoms with Crippen molar-refractivity contribution in [3.63, 3.8) is 0 Å². The molecule has 4 aromatic rings. The Labute approximate surface area is 323 Å². The summed E-state index contributed by atoms with van der Waals surface area (Å²) >= 11 is 28.4. The number of carbonyl (C=O) groups excluding carboxylic acids is 3. The average molecular weight is 849 g/mol. The van der Waals surface area contributed by atoms with Crippen molar-refractivity contribution >= 4 is 103 Å². The van der Waals surface area contributed by atoms with Crippen LogP contribution in [0.1, 0.15) is 65.1 Å². The summed E-state index contributed by atoms with van der Waals surface area (Å²) in [4.78, 5) is 47.6. The van der Waals surface area contributed by atoms with Crippen LogP contribution < -0.4 is 10.5 Å². The van der Waals surface area contributed by atoms with Gasteiger partial charge in [0.1, 0.15) is 5.75 Å². The summed E-state index contributed by atoms with van der Waals surface area (Å²) in [6.45, 7) is 6.85. The number of ketones is 2. The van der Waals surface area contributed by atoms with Crippen LogP contribution in [0.5, 0.6) is 5.75 Å². The first kappa shape index (κ1) is 42.9. The largest absolute Gasteiger partial charge is 0.481 e. The van der Waals surface area contributed by atoms with E-state index in [1.54, 1.807) is 119 Å². The van der Waals surface area contributed by atoms with Crippen molar-refractivity contribution in [2.24, 2.45) is 0 Å². The van der Waals surface area contributed by atoms with E-state index in [1.807, 2.05) is 0 Å². The number of ether oxygens (including phenoxy) is 2. The van der Waals surface area contributed by atoms with Crippen molar-refractivity contribution in [2.75, 3.05) is 5.73 Å². The van der Waals surface area contributed by atoms with Crippen LogP contribution in [0.15, 0.2) is 95.5 Å². The maximum Gasteiger partial charge on any atom is 0.350 e. The first-order valence-corrected chi connectivity index (χ1v) is 17.3. The molecule has 8 nitrogen and oxygen atoms in total. The lowest BCUT2D eigenvalue weighted by atomic mass is 9.98. The molecule has 0 radical (unpaired) electrons. The van der Waals surface area contributed by atoms with Gasteiger partial charge in [0.2, 0.25) is 0 Å². The Kier molecular flexibility index (Phi) is 16.6. The average Bonchev–Trinajstić information content (AvgIpc) is 3.01. The number of aliphatic carboxylic acids is 1. The summed E-state index contributed by atoms with van der Waals surface area (Å²) in [5.41, 5.74) is 7.37. The Morgan fingerprint density at radius 3 is 1.72 bits per heavy atom. The fourth-order valence-corrected chi connectivity index (χ4v) is 4.41. The lowest BCUT2D eigenvalue weighted by molar-refractivity contribution is -0.163. The molecule has 0 aliphatic carbocycles. The molecule has 0 spiro atoms. The Morgan fingerprint density at radius 1 is 0.780 bits per heavy atom. The molecule has 0 saturated heterocycles. The maximum absolute atomic E-state index is 12.4. The Balaban J connectivity index is 0.000000311. The van der Waals surface area contributed by atoms with Gasteiger partial charge in [0.25, 0.3) is 3.25 Å². The molecule has 0 amide bonds. The van der Waals surface area contributed by atoms with Gasteiger partial charge in [-0.3, -0.25) is 14.4 Å². The smallest absolute Gasteiger partial charge is 0.350 e. The molecule has 0 aliphatic rings. The van der Waals surface area contributed by atoms with Crippen molar-refractivity contribution in [1.82, 2.24) is 0 Å². The van der Waals surface area contributed by atoms with Gasteiger partial charge in [-0.15, -0.1) is 0 Å². The van der Waals surface area contributed by atoms with E-state index in [-0.39, 0.29) is 29.8 Å². The second-order valence-corrected chi connectivity index (χ2v) is 15.9. The molecule has 0 saturated carbocycles. The number of para-hydroxylation sites is 1. The van der Waals surface area contributed by atoms with E-state index in [2.05, 4.69) is 15.9 Å². The minimum Gasteiger partial charge on any atom is -0.481 e. The van der Waals surface area contributed by atoms with Gasteiger partial charge >= 0.3 is 11.9 Å². The molecule has 0 bridgehead atoms. The number of nitrogens with two attached hydrogens (primary N) is 1. The van der Waals surface area contributed by atoms with Gasteiger partial charge in [-0.25, -0.2) is 4.79 Å². The molecule has 0 unspecified atom stereocenters. The number of hydrogen-bond donors (Lipinski definition) is 2. The highest BCUT2D eigenvalue weighted by molar-refractivity contribution is 9.10. The summed E-state index contributed by atoms with van der Waals surface area (Å²) in [6.07, 6.45) is -0.414. The van der Waals surface area contributed by atoms with Gasteiger partial charge in [-0.1, -0.05) is 86.1 Å². The molecule has 3 N–H and O–H groups in total. The van der Waals surface area contributed by atoms with Gasteiger partial charge < -0.3 is 20.3 Å². The molecule has 266 valence electrons. The lowest BCUT2D eigenvalue weighted by Crippen LogP contribution is -2.40. The molecule has 50 heavy (non-hydrogen) atoms. The van der Waals surface area contributed by atoms with E-state index in [0.717, 1.165) is 4.47 Å². The number of carboxylic acid groups (broad SMARTS) is 1. The standard InChI is InChI=1S/C20H21ClO4.C15H12BrNO3.CCl4/c1-13(2)24-19(23)20(3,4)25-17-11-7-15(8-12-17)18(22)14-5-9-16(21)10-6-14;16-11-6-4-9(5-7-11)15(20)12-3-1-2-10(14(12)17)8-13(18)19;2-1(3,4)5/h5-13H,1-4H3;1-7H,8,17H2,(H,18,19);. The molecule has 4 aromatic carbocycles. The summed E-state index contributed by atoms with van der Waals surface area (Å²) in [7, 11) is 0. The van der Waals surface area contributed by atoms with E-state index >= 15 is 0 Å². The second-order valence-electron chi connectivity index (χ2n) is 11.1. The molecule has 4 rings (SSSR count). The quantitative estimate of drug-likeness (QED) is 0.0698. The highest BCUT2D eigenvalue weighted by Crippen LogP contribution is 2.30. The predicted octanol–water partition coefficient (Wildman–Crippen LogP) is 10.1. The van der Waals surface area contributed by atoms with Crippen LogP contribution in [0.2, 0.25) is 5.02 Å². The number of carboxylic acids is 1. The van der Waals surface area contributed by atoms with Crippen LogP contribution in [0.3, 0.4) is 0 Å². The fourth-order valence-electron chi connectivity index (χ4n) is 4.02. The number of rotatable bonds is 10. The monoisotopic (exact) mass is 845 g/mol. The van der Waals surface area contributed by atoms with E-state index in [1.165, 1.54) is 0 Å². The van der Waals surface area contributed by atoms with Crippen LogP contribution >= 0.6 is 73.9 Å². The fraction of sp³-hybridized carbons (Fsp3) is 0.222. The Bertz CT molecular complexity index is 1770. The van der Waals surface area contributed by atoms with E-state index in [9.17, 15) is 19.2 Å². The highest BCUT2D eigenvalue weighted by Gasteiger charge is 2.32. The zero-order chi connectivity index (χ0) is 37.8. The predicted molar refractivity (Wildman–Crippen MR) is 203 cm³/mol. The third-order valence-corrected chi connectivity index (χ3v) is 7.10. The third kappa shape index (κ3) is 14.9. The normalized spacial score (nSPS) is 10.9. The lowest BCUT2D eigenvalue weighted by Gasteiger charge is -2.25. The molecular formula is C36H33BrCl5NO7. The minimum absolute atomic E-state index is 0.110. The third-order valence-electron chi connectivity index (χ3n) is 6.32. The van der Waals surface area contributed by atoms with Crippen molar-refractivity contribution in [1.29, 1.82) is 0 Å². The molecular weight excluding hydrogens is 816 g/mol. The zero-order valence-corrected chi connectivity index (χ0v) is 32.6. The van der Waals surface area contributed by atoms with Crippen LogP contribution in [-0.2, 0) is 20.7 Å². The van der Waals surface area contributed by atoms with E-state index in [0.29, 0.717) is 38.6 Å². The molecule has 0 fully saturated rings. The SMILES string of the molecule is CC(C)OC(=O)C(C)(C)Oc1ccc(C(=O)c2ccc(Cl)cc2)cc1.ClC(Cl)(Cl)Cl.Nc1c(CC(=O)O)cccc1C(=O)c1ccc(Br)cc1. The number of carbonyl (C=O) groups is 4. The summed E-state index contributed by atoms with van der Waals surface area (Å²) < 4.78 is 10.2.